The van der Waals surface area contributed by atoms with E-state index in [0.29, 0.717) is 36.2 Å². The summed E-state index contributed by atoms with van der Waals surface area (Å²) in [4.78, 5) is 22.5. The molecule has 1 saturated carbocycles. The van der Waals surface area contributed by atoms with Crippen LogP contribution in [0.25, 0.3) is 11.6 Å². The zero-order valence-electron chi connectivity index (χ0n) is 9.22. The molecule has 0 amide bonds. The molecule has 1 aliphatic rings. The number of nitrogens with zero attached hydrogens (tertiary/aromatic N) is 3. The predicted octanol–water partition coefficient (Wildman–Crippen LogP) is 1.69. The van der Waals surface area contributed by atoms with E-state index in [2.05, 4.69) is 20.1 Å². The highest BCUT2D eigenvalue weighted by molar-refractivity contribution is 5.79. The number of hydrogen-bond acceptors (Lipinski definition) is 5. The molecule has 0 radical (unpaired) electrons. The van der Waals surface area contributed by atoms with Crippen LogP contribution in [0.1, 0.15) is 37.5 Å². The highest BCUT2D eigenvalue weighted by atomic mass is 16.5. The van der Waals surface area contributed by atoms with Crippen molar-refractivity contribution in [3.8, 4) is 11.6 Å². The number of rotatable bonds is 2. The van der Waals surface area contributed by atoms with Crippen molar-refractivity contribution in [2.75, 3.05) is 0 Å². The van der Waals surface area contributed by atoms with Crippen molar-refractivity contribution < 1.29 is 9.32 Å². The fourth-order valence-corrected chi connectivity index (χ4v) is 2.07. The zero-order valence-corrected chi connectivity index (χ0v) is 9.22. The van der Waals surface area contributed by atoms with Crippen LogP contribution >= 0.6 is 0 Å². The summed E-state index contributed by atoms with van der Waals surface area (Å²) in [5, 5.41) is 3.89. The summed E-state index contributed by atoms with van der Waals surface area (Å²) in [5.41, 5.74) is 0. The summed E-state index contributed by atoms with van der Waals surface area (Å²) in [6, 6.07) is 0. The lowest BCUT2D eigenvalue weighted by Gasteiger charge is -2.16. The first-order valence-electron chi connectivity index (χ1n) is 5.68. The van der Waals surface area contributed by atoms with Gasteiger partial charge in [0.15, 0.2) is 5.82 Å². The van der Waals surface area contributed by atoms with Crippen LogP contribution in [0, 0.1) is 0 Å². The average Bonchev–Trinajstić information content (AvgIpc) is 3.00. The largest absolute Gasteiger partial charge is 0.342 e. The van der Waals surface area contributed by atoms with Gasteiger partial charge in [0.1, 0.15) is 5.78 Å². The number of imidazole rings is 1. The van der Waals surface area contributed by atoms with E-state index in [4.69, 9.17) is 4.52 Å². The van der Waals surface area contributed by atoms with Crippen molar-refractivity contribution in [1.29, 1.82) is 0 Å². The van der Waals surface area contributed by atoms with E-state index in [1.165, 1.54) is 0 Å². The van der Waals surface area contributed by atoms with Gasteiger partial charge in [-0.3, -0.25) is 4.79 Å². The van der Waals surface area contributed by atoms with Crippen LogP contribution in [0.2, 0.25) is 0 Å². The molecule has 2 aromatic heterocycles. The van der Waals surface area contributed by atoms with Crippen LogP contribution in [0.4, 0.5) is 0 Å². The first-order chi connectivity index (χ1) is 8.33. The Kier molecular flexibility index (Phi) is 2.47. The molecule has 17 heavy (non-hydrogen) atoms. The number of H-pyrrole nitrogens is 1. The third-order valence-corrected chi connectivity index (χ3v) is 3.04. The number of nitrogens with one attached hydrogen (secondary N) is 1. The van der Waals surface area contributed by atoms with E-state index >= 15 is 0 Å². The lowest BCUT2D eigenvalue weighted by atomic mass is 9.88. The lowest BCUT2D eigenvalue weighted by Crippen LogP contribution is -2.12. The Labute approximate surface area is 97.4 Å². The fraction of sp³-hybridized carbons (Fsp3) is 0.455. The molecule has 0 atom stereocenters. The Balaban J connectivity index is 1.79. The topological polar surface area (TPSA) is 84.7 Å². The first-order valence-corrected chi connectivity index (χ1v) is 5.68. The van der Waals surface area contributed by atoms with Gasteiger partial charge in [-0.2, -0.15) is 4.98 Å². The second-order valence-electron chi connectivity index (χ2n) is 4.21. The van der Waals surface area contributed by atoms with Crippen LogP contribution in [0.15, 0.2) is 16.9 Å². The summed E-state index contributed by atoms with van der Waals surface area (Å²) >= 11 is 0. The first kappa shape index (κ1) is 10.2. The number of aromatic amines is 1. The summed E-state index contributed by atoms with van der Waals surface area (Å²) in [6.07, 6.45) is 6.19. The van der Waals surface area contributed by atoms with E-state index in [-0.39, 0.29) is 5.92 Å². The van der Waals surface area contributed by atoms with Crippen molar-refractivity contribution in [2.45, 2.75) is 31.6 Å². The Morgan fingerprint density at radius 2 is 2.18 bits per heavy atom. The van der Waals surface area contributed by atoms with Crippen LogP contribution in [-0.4, -0.2) is 25.9 Å². The molecule has 1 fully saturated rings. The van der Waals surface area contributed by atoms with E-state index in [0.717, 1.165) is 12.8 Å². The second-order valence-corrected chi connectivity index (χ2v) is 4.21. The summed E-state index contributed by atoms with van der Waals surface area (Å²) in [5.74, 6) is 2.23. The van der Waals surface area contributed by atoms with Gasteiger partial charge in [0, 0.05) is 31.2 Å². The Bertz CT molecular complexity index is 507. The molecule has 0 aromatic carbocycles. The molecular weight excluding hydrogens is 220 g/mol. The van der Waals surface area contributed by atoms with Crippen LogP contribution in [0.3, 0.4) is 0 Å². The van der Waals surface area contributed by atoms with Gasteiger partial charge in [-0.15, -0.1) is 0 Å². The van der Waals surface area contributed by atoms with Crippen molar-refractivity contribution >= 4 is 5.78 Å². The van der Waals surface area contributed by atoms with E-state index in [1.807, 2.05) is 0 Å². The van der Waals surface area contributed by atoms with Crippen LogP contribution < -0.4 is 0 Å². The molecule has 0 bridgehead atoms. The van der Waals surface area contributed by atoms with Crippen LogP contribution in [-0.2, 0) is 4.79 Å². The maximum atomic E-state index is 11.2. The molecule has 2 aromatic rings. The number of ketones is 1. The van der Waals surface area contributed by atoms with Crippen molar-refractivity contribution in [3.05, 3.63) is 18.3 Å². The quantitative estimate of drug-likeness (QED) is 0.851. The van der Waals surface area contributed by atoms with Gasteiger partial charge in [0.05, 0.1) is 0 Å². The average molecular weight is 232 g/mol. The molecule has 0 aliphatic heterocycles. The molecule has 6 nitrogen and oxygen atoms in total. The van der Waals surface area contributed by atoms with E-state index < -0.39 is 0 Å². The number of Topliss-reactive ketones (excluding diaryl/α,β-unsaturated/α-hetero) is 1. The van der Waals surface area contributed by atoms with Gasteiger partial charge in [-0.25, -0.2) is 4.98 Å². The Morgan fingerprint density at radius 1 is 1.35 bits per heavy atom. The number of carbonyl (C=O) groups excluding carboxylic acids is 1. The number of carbonyl (C=O) groups is 1. The number of aromatic nitrogens is 4. The number of hydrogen-bond donors (Lipinski definition) is 1. The highest BCUT2D eigenvalue weighted by Gasteiger charge is 2.25. The van der Waals surface area contributed by atoms with Crippen molar-refractivity contribution in [3.63, 3.8) is 0 Å². The standard InChI is InChI=1S/C11H12N4O2/c16-8-3-1-7(2-4-8)11-14-10(15-17-11)9-12-5-6-13-9/h5-7H,1-4H2,(H,12,13). The maximum Gasteiger partial charge on any atom is 0.238 e. The van der Waals surface area contributed by atoms with Gasteiger partial charge >= 0.3 is 0 Å². The molecule has 0 unspecified atom stereocenters. The van der Waals surface area contributed by atoms with Crippen molar-refractivity contribution in [1.82, 2.24) is 20.1 Å². The summed E-state index contributed by atoms with van der Waals surface area (Å²) < 4.78 is 5.23. The van der Waals surface area contributed by atoms with Gasteiger partial charge in [-0.1, -0.05) is 5.16 Å². The van der Waals surface area contributed by atoms with Crippen LogP contribution in [0.5, 0.6) is 0 Å². The minimum Gasteiger partial charge on any atom is -0.342 e. The van der Waals surface area contributed by atoms with Gasteiger partial charge in [0.25, 0.3) is 0 Å². The molecule has 3 rings (SSSR count). The molecular formula is C11H12N4O2. The molecule has 0 saturated heterocycles. The smallest absolute Gasteiger partial charge is 0.238 e. The highest BCUT2D eigenvalue weighted by Crippen LogP contribution is 2.30. The maximum absolute atomic E-state index is 11.2. The van der Waals surface area contributed by atoms with Gasteiger partial charge < -0.3 is 9.51 Å². The summed E-state index contributed by atoms with van der Waals surface area (Å²) in [6.45, 7) is 0. The predicted molar refractivity (Wildman–Crippen MR) is 58.1 cm³/mol. The minimum absolute atomic E-state index is 0.212. The molecule has 6 heteroatoms. The van der Waals surface area contributed by atoms with Gasteiger partial charge in [-0.05, 0) is 12.8 Å². The molecule has 0 spiro atoms. The monoisotopic (exact) mass is 232 g/mol. The minimum atomic E-state index is 0.212. The third kappa shape index (κ3) is 1.98. The molecule has 1 N–H and O–H groups in total. The Morgan fingerprint density at radius 3 is 2.88 bits per heavy atom. The third-order valence-electron chi connectivity index (χ3n) is 3.04. The second kappa shape index (κ2) is 4.12. The SMILES string of the molecule is O=C1CCC(c2nc(-c3ncc[nH]3)no2)CC1. The normalized spacial score (nSPS) is 17.5. The van der Waals surface area contributed by atoms with E-state index in [1.54, 1.807) is 12.4 Å². The molecule has 2 heterocycles. The molecule has 88 valence electrons. The lowest BCUT2D eigenvalue weighted by molar-refractivity contribution is -0.120. The van der Waals surface area contributed by atoms with E-state index in [9.17, 15) is 4.79 Å². The summed E-state index contributed by atoms with van der Waals surface area (Å²) in [7, 11) is 0. The fourth-order valence-electron chi connectivity index (χ4n) is 2.07. The zero-order chi connectivity index (χ0) is 11.7. The van der Waals surface area contributed by atoms with Gasteiger partial charge in [0.2, 0.25) is 11.7 Å². The molecule has 1 aliphatic carbocycles. The Hall–Kier alpha value is -1.98. The van der Waals surface area contributed by atoms with Crippen molar-refractivity contribution in [2.24, 2.45) is 0 Å².